The van der Waals surface area contributed by atoms with Gasteiger partial charge in [0.25, 0.3) is 0 Å². The number of nitrogens with one attached hydrogen (secondary N) is 1. The molecule has 0 fully saturated rings. The van der Waals surface area contributed by atoms with E-state index in [2.05, 4.69) is 299 Å². The first-order valence-electron chi connectivity index (χ1n) is 30.5. The van der Waals surface area contributed by atoms with Gasteiger partial charge >= 0.3 is 0 Å². The number of rotatable bonds is 6. The standard InChI is InChI=1S/C80H60N6/c1-80(2,3)54-36-34-50-42-52(33-32-51(50)43-54)78-77-59-19-5-4-18-49(59)35-39-68(77)81-79(82-78)53-44-57(85-73-30-16-10-24-64(73)66-47-55(37-40-75(66)85)83-69-26-12-6-20-60(69)61-21-7-13-27-70(61)83)46-58(45-53)86-74-31-17-11-25-65(74)67-48-56(38-41-76(67)86)84-71-28-14-8-22-62(71)63-23-9-15-29-72(63)84/h4-10,12-24,26-32,34-48,52,79,81H,11,25,33H2,1-3H3. The van der Waals surface area contributed by atoms with Crippen LogP contribution in [0.4, 0.5) is 5.69 Å². The Hall–Kier alpha value is -10.4. The van der Waals surface area contributed by atoms with E-state index in [0.29, 0.717) is 0 Å². The Morgan fingerprint density at radius 2 is 0.965 bits per heavy atom. The molecule has 1 N–H and O–H groups in total. The van der Waals surface area contributed by atoms with E-state index in [1.54, 1.807) is 0 Å². The van der Waals surface area contributed by atoms with Crippen molar-refractivity contribution >= 4 is 117 Å². The van der Waals surface area contributed by atoms with Crippen molar-refractivity contribution in [1.29, 1.82) is 0 Å². The van der Waals surface area contributed by atoms with Gasteiger partial charge in [0.15, 0.2) is 0 Å². The molecule has 3 aliphatic rings. The molecule has 0 spiro atoms. The van der Waals surface area contributed by atoms with E-state index in [4.69, 9.17) is 4.99 Å². The molecule has 0 saturated heterocycles. The summed E-state index contributed by atoms with van der Waals surface area (Å²) in [6.45, 7) is 6.90. The van der Waals surface area contributed by atoms with Crippen molar-refractivity contribution in [3.63, 3.8) is 0 Å². The first-order chi connectivity index (χ1) is 42.3. The Labute approximate surface area is 497 Å². The van der Waals surface area contributed by atoms with Gasteiger partial charge < -0.3 is 23.6 Å². The van der Waals surface area contributed by atoms with Crippen LogP contribution in [0.15, 0.2) is 242 Å². The fourth-order valence-electron chi connectivity index (χ4n) is 15.0. The molecule has 0 radical (unpaired) electrons. The van der Waals surface area contributed by atoms with Crippen LogP contribution in [-0.4, -0.2) is 24.0 Å². The number of aromatic nitrogens is 4. The molecule has 0 bridgehead atoms. The van der Waals surface area contributed by atoms with E-state index < -0.39 is 6.17 Å². The Balaban J connectivity index is 0.877. The molecule has 2 aliphatic carbocycles. The van der Waals surface area contributed by atoms with E-state index >= 15 is 0 Å². The van der Waals surface area contributed by atoms with Crippen LogP contribution in [-0.2, 0) is 11.8 Å². The summed E-state index contributed by atoms with van der Waals surface area (Å²) in [5.41, 5.74) is 21.3. The van der Waals surface area contributed by atoms with Gasteiger partial charge in [-0.25, -0.2) is 0 Å². The monoisotopic (exact) mass is 1100 g/mol. The summed E-state index contributed by atoms with van der Waals surface area (Å²) in [7, 11) is 0. The molecule has 6 heteroatoms. The summed E-state index contributed by atoms with van der Waals surface area (Å²) >= 11 is 0. The summed E-state index contributed by atoms with van der Waals surface area (Å²) in [6.07, 6.45) is 12.1. The normalized spacial score (nSPS) is 15.8. The zero-order valence-electron chi connectivity index (χ0n) is 48.3. The van der Waals surface area contributed by atoms with Gasteiger partial charge in [0.1, 0.15) is 6.17 Å². The second-order valence-electron chi connectivity index (χ2n) is 25.0. The van der Waals surface area contributed by atoms with E-state index in [0.717, 1.165) is 70.0 Å². The van der Waals surface area contributed by atoms with E-state index in [1.165, 1.54) is 109 Å². The predicted octanol–water partition coefficient (Wildman–Crippen LogP) is 18.5. The average Bonchev–Trinajstić information content (AvgIpc) is 1.60. The number of aliphatic imine (C=N–C) groups is 1. The van der Waals surface area contributed by atoms with Crippen molar-refractivity contribution in [2.24, 2.45) is 10.9 Å². The fraction of sp³-hybridized carbons (Fsp3) is 0.113. The predicted molar refractivity (Wildman–Crippen MR) is 362 cm³/mol. The third-order valence-electron chi connectivity index (χ3n) is 19.0. The van der Waals surface area contributed by atoms with Gasteiger partial charge in [-0.05, 0) is 154 Å². The molecule has 4 aromatic heterocycles. The van der Waals surface area contributed by atoms with Gasteiger partial charge in [0, 0.05) is 88.9 Å². The number of nitrogens with zero attached hydrogens (tertiary/aromatic N) is 5. The Morgan fingerprint density at radius 1 is 0.442 bits per heavy atom. The van der Waals surface area contributed by atoms with Crippen LogP contribution in [0.2, 0.25) is 0 Å². The molecule has 2 unspecified atom stereocenters. The quantitative estimate of drug-likeness (QED) is 0.177. The lowest BCUT2D eigenvalue weighted by atomic mass is 9.83. The summed E-state index contributed by atoms with van der Waals surface area (Å²) < 4.78 is 9.93. The molecule has 6 nitrogen and oxygen atoms in total. The molecule has 15 aromatic rings. The number of aryl methyl sites for hydroxylation is 1. The van der Waals surface area contributed by atoms with Crippen LogP contribution < -0.4 is 15.8 Å². The van der Waals surface area contributed by atoms with Crippen LogP contribution in [0.5, 0.6) is 0 Å². The van der Waals surface area contributed by atoms with Gasteiger partial charge in [0.05, 0.1) is 44.3 Å². The molecule has 1 aliphatic heterocycles. The Morgan fingerprint density at radius 3 is 1.58 bits per heavy atom. The van der Waals surface area contributed by atoms with Crippen molar-refractivity contribution in [3.8, 4) is 22.7 Å². The van der Waals surface area contributed by atoms with Crippen LogP contribution in [0, 0.1) is 5.92 Å². The molecular formula is C80H60N6. The van der Waals surface area contributed by atoms with Crippen molar-refractivity contribution < 1.29 is 0 Å². The van der Waals surface area contributed by atoms with Crippen LogP contribution in [0.25, 0.3) is 128 Å². The number of allylic oxidation sites excluding steroid dienone is 1. The highest BCUT2D eigenvalue weighted by atomic mass is 15.1. The first-order valence-corrected chi connectivity index (χ1v) is 30.5. The number of para-hydroxylation sites is 5. The van der Waals surface area contributed by atoms with Gasteiger partial charge in [-0.2, -0.15) is 0 Å². The van der Waals surface area contributed by atoms with E-state index in [9.17, 15) is 0 Å². The molecule has 2 atom stereocenters. The van der Waals surface area contributed by atoms with Gasteiger partial charge in [-0.3, -0.25) is 4.99 Å². The van der Waals surface area contributed by atoms with Crippen molar-refractivity contribution in [1.82, 2.24) is 18.3 Å². The Kier molecular flexibility index (Phi) is 10.6. The lowest BCUT2D eigenvalue weighted by Gasteiger charge is -2.31. The zero-order valence-corrected chi connectivity index (χ0v) is 48.3. The third kappa shape index (κ3) is 7.35. The second kappa shape index (κ2) is 18.5. The molecule has 0 saturated carbocycles. The van der Waals surface area contributed by atoms with Crippen LogP contribution >= 0.6 is 0 Å². The number of fused-ring (bicyclic) bond motifs is 16. The van der Waals surface area contributed by atoms with Crippen molar-refractivity contribution in [2.75, 3.05) is 5.32 Å². The number of hydrogen-bond donors (Lipinski definition) is 1. The molecule has 0 amide bonds. The first kappa shape index (κ1) is 49.0. The topological polar surface area (TPSA) is 44.1 Å². The maximum atomic E-state index is 6.01. The highest BCUT2D eigenvalue weighted by molar-refractivity contribution is 6.19. The second-order valence-corrected chi connectivity index (χ2v) is 25.0. The maximum absolute atomic E-state index is 6.01. The summed E-state index contributed by atoms with van der Waals surface area (Å²) in [6, 6.07) is 86.1. The molecule has 86 heavy (non-hydrogen) atoms. The number of anilines is 1. The summed E-state index contributed by atoms with van der Waals surface area (Å²) in [5.74, 6) is 0.0650. The van der Waals surface area contributed by atoms with Crippen LogP contribution in [0.3, 0.4) is 0 Å². The zero-order chi connectivity index (χ0) is 56.9. The fourth-order valence-corrected chi connectivity index (χ4v) is 15.0. The van der Waals surface area contributed by atoms with Gasteiger partial charge in [-0.15, -0.1) is 0 Å². The largest absolute Gasteiger partial charge is 0.360 e. The Bertz CT molecular complexity index is 5500. The molecule has 11 aromatic carbocycles. The average molecular weight is 1110 g/mol. The number of hydrogen-bond acceptors (Lipinski definition) is 2. The molecular weight excluding hydrogens is 1040 g/mol. The lowest BCUT2D eigenvalue weighted by Crippen LogP contribution is -2.34. The minimum Gasteiger partial charge on any atom is -0.360 e. The smallest absolute Gasteiger partial charge is 0.145 e. The van der Waals surface area contributed by atoms with Gasteiger partial charge in [-0.1, -0.05) is 179 Å². The lowest BCUT2D eigenvalue weighted by molar-refractivity contribution is 0.589. The SMILES string of the molecule is CC(C)(C)c1ccc2c(c1)=CCC(C1=NC(c3cc(-n4c5c(c6cc(-n7c8ccccc8c8ccccc87)ccc64)CCC=C5)cc(-n4c5ccccc5c5cc(-n6c7ccccc7c7ccccc76)ccc54)c3)Nc3ccc4ccccc4c31)C=2. The van der Waals surface area contributed by atoms with Gasteiger partial charge in [0.2, 0.25) is 0 Å². The van der Waals surface area contributed by atoms with E-state index in [-0.39, 0.29) is 11.3 Å². The third-order valence-corrected chi connectivity index (χ3v) is 19.0. The summed E-state index contributed by atoms with van der Waals surface area (Å²) in [4.78, 5) is 6.01. The highest BCUT2D eigenvalue weighted by Crippen LogP contribution is 2.44. The van der Waals surface area contributed by atoms with Crippen LogP contribution in [0.1, 0.15) is 67.7 Å². The van der Waals surface area contributed by atoms with Crippen molar-refractivity contribution in [2.45, 2.75) is 51.6 Å². The minimum atomic E-state index is -0.402. The highest BCUT2D eigenvalue weighted by Gasteiger charge is 2.31. The molecule has 18 rings (SSSR count). The van der Waals surface area contributed by atoms with E-state index in [1.807, 2.05) is 0 Å². The molecule has 410 valence electrons. The number of benzene rings is 11. The molecule has 5 heterocycles. The summed E-state index contributed by atoms with van der Waals surface area (Å²) in [5, 5.41) is 17.8. The van der Waals surface area contributed by atoms with Crippen molar-refractivity contribution in [3.05, 3.63) is 275 Å². The maximum Gasteiger partial charge on any atom is 0.145 e. The minimum absolute atomic E-state index is 0.0614.